The topological polar surface area (TPSA) is 22.8 Å². The van der Waals surface area contributed by atoms with E-state index < -0.39 is 0 Å². The molecular weight excluding hydrogens is 615 g/mol. The smallest absolute Gasteiger partial charge is 0.125 e. The number of fused-ring (bicyclic) bond motifs is 7. The van der Waals surface area contributed by atoms with Crippen molar-refractivity contribution >= 4 is 54.9 Å². The van der Waals surface area contributed by atoms with Crippen molar-refractivity contribution in [2.45, 2.75) is 0 Å². The van der Waals surface area contributed by atoms with Gasteiger partial charge in [-0.05, 0) is 64.7 Å². The zero-order valence-corrected chi connectivity index (χ0v) is 27.3. The molecule has 0 unspecified atom stereocenters. The summed E-state index contributed by atoms with van der Waals surface area (Å²) in [6.45, 7) is 0. The van der Waals surface area contributed by atoms with Crippen LogP contribution in [0, 0.1) is 0 Å². The summed E-state index contributed by atoms with van der Waals surface area (Å²) in [5.41, 5.74) is 11.9. The first kappa shape index (κ1) is 27.8. The quantitative estimate of drug-likeness (QED) is 0.183. The summed E-state index contributed by atoms with van der Waals surface area (Å²) >= 11 is 1.73. The SMILES string of the molecule is c1ccc(-c2ccc3c(c2)c2c(ccc4c5cc(-c6ccccc6)ccc5n(-c5ccccc5)c42)n3-c2cnc(-c3ccccc3)s2)cc1. The fourth-order valence-electron chi connectivity index (χ4n) is 7.40. The Kier molecular flexibility index (Phi) is 6.36. The molecule has 0 bridgehead atoms. The van der Waals surface area contributed by atoms with E-state index in [9.17, 15) is 0 Å². The average Bonchev–Trinajstić information content (AvgIpc) is 3.88. The summed E-state index contributed by atoms with van der Waals surface area (Å²) in [6.07, 6.45) is 2.03. The second kappa shape index (κ2) is 11.2. The number of thiazole rings is 1. The van der Waals surface area contributed by atoms with E-state index >= 15 is 0 Å². The van der Waals surface area contributed by atoms with Gasteiger partial charge in [0.15, 0.2) is 0 Å². The molecule has 3 aromatic heterocycles. The highest BCUT2D eigenvalue weighted by Gasteiger charge is 2.22. The summed E-state index contributed by atoms with van der Waals surface area (Å²) < 4.78 is 4.87. The number of hydrogen-bond donors (Lipinski definition) is 0. The first-order valence-electron chi connectivity index (χ1n) is 16.5. The Labute approximate surface area is 287 Å². The van der Waals surface area contributed by atoms with Crippen LogP contribution in [0.4, 0.5) is 0 Å². The van der Waals surface area contributed by atoms with Gasteiger partial charge in [0.25, 0.3) is 0 Å². The van der Waals surface area contributed by atoms with Crippen LogP contribution in [0.15, 0.2) is 176 Å². The molecule has 0 saturated carbocycles. The molecule has 3 nitrogen and oxygen atoms in total. The Morgan fingerprint density at radius 1 is 0.408 bits per heavy atom. The molecule has 49 heavy (non-hydrogen) atoms. The number of hydrogen-bond acceptors (Lipinski definition) is 2. The van der Waals surface area contributed by atoms with Crippen molar-refractivity contribution in [1.82, 2.24) is 14.1 Å². The van der Waals surface area contributed by atoms with Gasteiger partial charge in [0.2, 0.25) is 0 Å². The van der Waals surface area contributed by atoms with Gasteiger partial charge < -0.3 is 4.57 Å². The van der Waals surface area contributed by atoms with Crippen LogP contribution in [0.5, 0.6) is 0 Å². The Morgan fingerprint density at radius 3 is 1.57 bits per heavy atom. The van der Waals surface area contributed by atoms with Crippen molar-refractivity contribution in [3.05, 3.63) is 176 Å². The predicted octanol–water partition coefficient (Wildman–Crippen LogP) is 12.3. The predicted molar refractivity (Wildman–Crippen MR) is 207 cm³/mol. The lowest BCUT2D eigenvalue weighted by atomic mass is 10.0. The van der Waals surface area contributed by atoms with Crippen LogP contribution in [-0.2, 0) is 0 Å². The van der Waals surface area contributed by atoms with Crippen molar-refractivity contribution in [2.75, 3.05) is 0 Å². The fourth-order valence-corrected chi connectivity index (χ4v) is 8.35. The van der Waals surface area contributed by atoms with Crippen LogP contribution >= 0.6 is 11.3 Å². The third-order valence-electron chi connectivity index (χ3n) is 9.62. The van der Waals surface area contributed by atoms with Gasteiger partial charge >= 0.3 is 0 Å². The van der Waals surface area contributed by atoms with Gasteiger partial charge in [0, 0.05) is 32.8 Å². The first-order chi connectivity index (χ1) is 24.3. The number of aromatic nitrogens is 3. The van der Waals surface area contributed by atoms with E-state index in [4.69, 9.17) is 4.98 Å². The van der Waals surface area contributed by atoms with Crippen LogP contribution in [0.2, 0.25) is 0 Å². The average molecular weight is 644 g/mol. The molecule has 0 aliphatic rings. The molecule has 230 valence electrons. The molecule has 0 atom stereocenters. The van der Waals surface area contributed by atoms with Gasteiger partial charge in [-0.3, -0.25) is 4.57 Å². The van der Waals surface area contributed by atoms with Gasteiger partial charge in [0.05, 0.1) is 28.3 Å². The van der Waals surface area contributed by atoms with Crippen LogP contribution in [0.25, 0.3) is 87.1 Å². The number of nitrogens with zero attached hydrogens (tertiary/aromatic N) is 3. The third kappa shape index (κ3) is 4.46. The molecule has 0 amide bonds. The van der Waals surface area contributed by atoms with E-state index in [1.807, 2.05) is 6.20 Å². The lowest BCUT2D eigenvalue weighted by Crippen LogP contribution is -1.94. The van der Waals surface area contributed by atoms with Crippen molar-refractivity contribution in [3.63, 3.8) is 0 Å². The van der Waals surface area contributed by atoms with Crippen molar-refractivity contribution in [3.8, 4) is 43.5 Å². The Balaban J connectivity index is 1.34. The van der Waals surface area contributed by atoms with Crippen LogP contribution in [0.3, 0.4) is 0 Å². The van der Waals surface area contributed by atoms with E-state index in [0.29, 0.717) is 0 Å². The molecule has 0 saturated heterocycles. The molecule has 0 aliphatic carbocycles. The minimum Gasteiger partial charge on any atom is -0.309 e. The molecule has 3 heterocycles. The highest BCUT2D eigenvalue weighted by molar-refractivity contribution is 7.17. The minimum atomic E-state index is 1.01. The monoisotopic (exact) mass is 643 g/mol. The van der Waals surface area contributed by atoms with Crippen molar-refractivity contribution < 1.29 is 0 Å². The van der Waals surface area contributed by atoms with Crippen molar-refractivity contribution in [1.29, 1.82) is 0 Å². The Hall–Kier alpha value is -6.23. The summed E-state index contributed by atoms with van der Waals surface area (Å²) in [4.78, 5) is 4.91. The third-order valence-corrected chi connectivity index (χ3v) is 10.6. The van der Waals surface area contributed by atoms with E-state index in [2.05, 4.69) is 179 Å². The summed E-state index contributed by atoms with van der Waals surface area (Å²) in [5.74, 6) is 0. The second-order valence-corrected chi connectivity index (χ2v) is 13.4. The number of benzene rings is 7. The molecule has 10 rings (SSSR count). The largest absolute Gasteiger partial charge is 0.309 e. The lowest BCUT2D eigenvalue weighted by Gasteiger charge is -2.09. The lowest BCUT2D eigenvalue weighted by molar-refractivity contribution is 1.18. The van der Waals surface area contributed by atoms with Gasteiger partial charge in [-0.25, -0.2) is 4.98 Å². The van der Waals surface area contributed by atoms with Gasteiger partial charge in [-0.2, -0.15) is 0 Å². The second-order valence-electron chi connectivity index (χ2n) is 12.4. The van der Waals surface area contributed by atoms with Gasteiger partial charge in [-0.15, -0.1) is 0 Å². The maximum absolute atomic E-state index is 4.91. The van der Waals surface area contributed by atoms with Gasteiger partial charge in [0.1, 0.15) is 10.0 Å². The standard InChI is InChI=1S/C45H29N3S/c1-5-13-30(14-6-1)33-21-24-39-37(27-33)36-23-26-41-43(44(36)47(39)35-19-11-4-12-20-35)38-28-34(31-15-7-2-8-16-31)22-25-40(38)48(41)42-29-46-45(49-42)32-17-9-3-10-18-32/h1-29H. The van der Waals surface area contributed by atoms with E-state index in [0.717, 1.165) is 21.3 Å². The van der Waals surface area contributed by atoms with Crippen LogP contribution in [0.1, 0.15) is 0 Å². The maximum atomic E-state index is 4.91. The molecule has 4 heteroatoms. The van der Waals surface area contributed by atoms with E-state index in [-0.39, 0.29) is 0 Å². The van der Waals surface area contributed by atoms with Gasteiger partial charge in [-0.1, -0.05) is 139 Å². The number of para-hydroxylation sites is 1. The molecule has 0 N–H and O–H groups in total. The first-order valence-corrected chi connectivity index (χ1v) is 17.4. The van der Waals surface area contributed by atoms with E-state index in [1.54, 1.807) is 11.3 Å². The molecule has 7 aromatic carbocycles. The fraction of sp³-hybridized carbons (Fsp3) is 0. The summed E-state index contributed by atoms with van der Waals surface area (Å²) in [6, 6.07) is 61.1. The molecule has 0 aliphatic heterocycles. The number of rotatable bonds is 5. The molecule has 0 radical (unpaired) electrons. The van der Waals surface area contributed by atoms with Crippen molar-refractivity contribution in [2.24, 2.45) is 0 Å². The molecule has 0 spiro atoms. The van der Waals surface area contributed by atoms with Crippen LogP contribution < -0.4 is 0 Å². The molecule has 10 aromatic rings. The normalized spacial score (nSPS) is 11.7. The summed E-state index contributed by atoms with van der Waals surface area (Å²) in [5, 5.41) is 7.05. The maximum Gasteiger partial charge on any atom is 0.125 e. The zero-order valence-electron chi connectivity index (χ0n) is 26.5. The molecule has 0 fully saturated rings. The zero-order chi connectivity index (χ0) is 32.3. The Bertz CT molecular complexity index is 2790. The van der Waals surface area contributed by atoms with E-state index in [1.165, 1.54) is 65.9 Å². The van der Waals surface area contributed by atoms with Crippen LogP contribution in [-0.4, -0.2) is 14.1 Å². The minimum absolute atomic E-state index is 1.01. The highest BCUT2D eigenvalue weighted by atomic mass is 32.1. The highest BCUT2D eigenvalue weighted by Crippen LogP contribution is 2.44. The molecular formula is C45H29N3S. The Morgan fingerprint density at radius 2 is 0.939 bits per heavy atom. The summed E-state index contributed by atoms with van der Waals surface area (Å²) in [7, 11) is 0.